The van der Waals surface area contributed by atoms with Gasteiger partial charge in [0.25, 0.3) is 21.8 Å². The van der Waals surface area contributed by atoms with Crippen molar-refractivity contribution in [3.63, 3.8) is 0 Å². The van der Waals surface area contributed by atoms with Crippen LogP contribution in [0.4, 0.5) is 5.69 Å². The van der Waals surface area contributed by atoms with Gasteiger partial charge in [-0.05, 0) is 48.4 Å². The predicted molar refractivity (Wildman–Crippen MR) is 128 cm³/mol. The molecule has 5 rings (SSSR count). The number of hydrogen-bond donors (Lipinski definition) is 0. The van der Waals surface area contributed by atoms with Gasteiger partial charge in [0.2, 0.25) is 0 Å². The van der Waals surface area contributed by atoms with Gasteiger partial charge in [-0.3, -0.25) is 13.9 Å². The Balaban J connectivity index is 1.37. The molecule has 10 heteroatoms. The number of amides is 2. The third kappa shape index (κ3) is 4.14. The van der Waals surface area contributed by atoms with E-state index in [1.165, 1.54) is 35.9 Å². The molecular formula is C25H25N3O6S. The number of furan rings is 1. The van der Waals surface area contributed by atoms with Gasteiger partial charge < -0.3 is 19.0 Å². The molecule has 0 saturated carbocycles. The molecule has 3 aromatic rings. The summed E-state index contributed by atoms with van der Waals surface area (Å²) < 4.78 is 38.9. The van der Waals surface area contributed by atoms with Crippen molar-refractivity contribution in [1.82, 2.24) is 9.80 Å². The van der Waals surface area contributed by atoms with Crippen molar-refractivity contribution in [3.8, 4) is 5.75 Å². The molecule has 2 aromatic carbocycles. The van der Waals surface area contributed by atoms with Gasteiger partial charge in [0.05, 0.1) is 29.5 Å². The number of methoxy groups -OCH3 is 1. The number of piperazine rings is 1. The largest absolute Gasteiger partial charge is 0.496 e. The van der Waals surface area contributed by atoms with Crippen LogP contribution >= 0.6 is 0 Å². The Morgan fingerprint density at radius 2 is 1.60 bits per heavy atom. The summed E-state index contributed by atoms with van der Waals surface area (Å²) in [7, 11) is -2.42. The molecule has 0 unspecified atom stereocenters. The highest BCUT2D eigenvalue weighted by Crippen LogP contribution is 2.34. The monoisotopic (exact) mass is 495 g/mol. The lowest BCUT2D eigenvalue weighted by Crippen LogP contribution is -2.50. The highest BCUT2D eigenvalue weighted by atomic mass is 32.2. The van der Waals surface area contributed by atoms with E-state index in [2.05, 4.69) is 0 Å². The summed E-state index contributed by atoms with van der Waals surface area (Å²) in [6.07, 6.45) is 2.08. The smallest absolute Gasteiger partial charge is 0.289 e. The molecule has 3 heterocycles. The lowest BCUT2D eigenvalue weighted by molar-refractivity contribution is 0.0516. The number of rotatable bonds is 5. The minimum absolute atomic E-state index is 0.0324. The second-order valence-corrected chi connectivity index (χ2v) is 10.2. The molecule has 0 spiro atoms. The van der Waals surface area contributed by atoms with E-state index >= 15 is 0 Å². The Morgan fingerprint density at radius 3 is 2.29 bits per heavy atom. The molecule has 182 valence electrons. The number of ether oxygens (including phenoxy) is 1. The number of hydrogen-bond acceptors (Lipinski definition) is 6. The lowest BCUT2D eigenvalue weighted by Gasteiger charge is -2.34. The van der Waals surface area contributed by atoms with E-state index in [1.807, 2.05) is 18.2 Å². The van der Waals surface area contributed by atoms with Crippen LogP contribution in [0.3, 0.4) is 0 Å². The fourth-order valence-corrected chi connectivity index (χ4v) is 6.07. The molecule has 9 nitrogen and oxygen atoms in total. The van der Waals surface area contributed by atoms with Gasteiger partial charge in [-0.15, -0.1) is 0 Å². The molecule has 2 aliphatic rings. The quantitative estimate of drug-likeness (QED) is 0.540. The number of fused-ring (bicyclic) bond motifs is 1. The minimum atomic E-state index is -3.87. The van der Waals surface area contributed by atoms with Crippen molar-refractivity contribution >= 4 is 27.5 Å². The number of nitrogens with zero attached hydrogens (tertiary/aromatic N) is 3. The Morgan fingerprint density at radius 1 is 0.886 bits per heavy atom. The molecule has 1 saturated heterocycles. The predicted octanol–water partition coefficient (Wildman–Crippen LogP) is 2.64. The van der Waals surface area contributed by atoms with Gasteiger partial charge in [0.1, 0.15) is 5.75 Å². The van der Waals surface area contributed by atoms with E-state index in [-0.39, 0.29) is 28.0 Å². The highest BCUT2D eigenvalue weighted by Gasteiger charge is 2.33. The van der Waals surface area contributed by atoms with Crippen LogP contribution in [0, 0.1) is 0 Å². The van der Waals surface area contributed by atoms with Crippen LogP contribution in [0.2, 0.25) is 0 Å². The van der Waals surface area contributed by atoms with Crippen molar-refractivity contribution < 1.29 is 27.2 Å². The number of carbonyl (C=O) groups is 2. The van der Waals surface area contributed by atoms with E-state index in [0.29, 0.717) is 50.6 Å². The molecule has 0 atom stereocenters. The zero-order chi connectivity index (χ0) is 24.6. The zero-order valence-corrected chi connectivity index (χ0v) is 20.0. The standard InChI is InChI=1S/C25H25N3O6S/c1-33-22-9-8-19(35(31,32)28-11-10-18-5-2-3-6-21(18)28)17-20(22)24(29)26-12-14-27(15-13-26)25(30)23-7-4-16-34-23/h2-9,16-17H,10-15H2,1H3. The van der Waals surface area contributed by atoms with Crippen LogP contribution in [0.5, 0.6) is 5.75 Å². The van der Waals surface area contributed by atoms with Crippen molar-refractivity contribution in [2.75, 3.05) is 44.1 Å². The van der Waals surface area contributed by atoms with Crippen molar-refractivity contribution in [2.45, 2.75) is 11.3 Å². The summed E-state index contributed by atoms with van der Waals surface area (Å²) in [6, 6.07) is 15.0. The minimum Gasteiger partial charge on any atom is -0.496 e. The van der Waals surface area contributed by atoms with Crippen molar-refractivity contribution in [2.24, 2.45) is 0 Å². The molecule has 0 N–H and O–H groups in total. The average molecular weight is 496 g/mol. The summed E-state index contributed by atoms with van der Waals surface area (Å²) in [6.45, 7) is 1.66. The molecule has 0 bridgehead atoms. The molecule has 2 amide bonds. The first-order chi connectivity index (χ1) is 16.9. The van der Waals surface area contributed by atoms with Gasteiger partial charge in [0, 0.05) is 32.7 Å². The van der Waals surface area contributed by atoms with Gasteiger partial charge in [-0.1, -0.05) is 18.2 Å². The molecule has 0 aliphatic carbocycles. The summed E-state index contributed by atoms with van der Waals surface area (Å²) in [5.74, 6) is -0.0119. The maximum Gasteiger partial charge on any atom is 0.289 e. The van der Waals surface area contributed by atoms with Gasteiger partial charge in [-0.2, -0.15) is 0 Å². The van der Waals surface area contributed by atoms with Crippen LogP contribution in [0.1, 0.15) is 26.5 Å². The average Bonchev–Trinajstić information content (AvgIpc) is 3.58. The molecular weight excluding hydrogens is 470 g/mol. The van der Waals surface area contributed by atoms with Crippen LogP contribution in [-0.2, 0) is 16.4 Å². The molecule has 0 radical (unpaired) electrons. The second-order valence-electron chi connectivity index (χ2n) is 8.38. The highest BCUT2D eigenvalue weighted by molar-refractivity contribution is 7.92. The van der Waals surface area contributed by atoms with E-state index in [4.69, 9.17) is 9.15 Å². The molecule has 1 fully saturated rings. The Hall–Kier alpha value is -3.79. The first-order valence-corrected chi connectivity index (χ1v) is 12.7. The topological polar surface area (TPSA) is 100 Å². The maximum atomic E-state index is 13.5. The van der Waals surface area contributed by atoms with Crippen molar-refractivity contribution in [3.05, 3.63) is 77.7 Å². The normalized spacial score (nSPS) is 15.7. The van der Waals surface area contributed by atoms with E-state index < -0.39 is 10.0 Å². The Labute approximate surface area is 203 Å². The van der Waals surface area contributed by atoms with Gasteiger partial charge in [-0.25, -0.2) is 8.42 Å². The molecule has 2 aliphatic heterocycles. The number of para-hydroxylation sites is 1. The van der Waals surface area contributed by atoms with Gasteiger partial charge in [0.15, 0.2) is 5.76 Å². The van der Waals surface area contributed by atoms with Crippen LogP contribution in [0.15, 0.2) is 70.2 Å². The van der Waals surface area contributed by atoms with E-state index in [9.17, 15) is 18.0 Å². The zero-order valence-electron chi connectivity index (χ0n) is 19.2. The number of sulfonamides is 1. The summed E-state index contributed by atoms with van der Waals surface area (Å²) in [4.78, 5) is 29.2. The fourth-order valence-electron chi connectivity index (χ4n) is 4.54. The van der Waals surface area contributed by atoms with Crippen LogP contribution in [0.25, 0.3) is 0 Å². The lowest BCUT2D eigenvalue weighted by atomic mass is 10.1. The SMILES string of the molecule is COc1ccc(S(=O)(=O)N2CCc3ccccc32)cc1C(=O)N1CCN(C(=O)c2ccco2)CC1. The first-order valence-electron chi connectivity index (χ1n) is 11.3. The molecule has 35 heavy (non-hydrogen) atoms. The summed E-state index contributed by atoms with van der Waals surface area (Å²) >= 11 is 0. The third-order valence-electron chi connectivity index (χ3n) is 6.42. The first kappa shape index (κ1) is 23.0. The van der Waals surface area contributed by atoms with E-state index in [0.717, 1.165) is 5.56 Å². The van der Waals surface area contributed by atoms with Crippen LogP contribution < -0.4 is 9.04 Å². The number of carbonyl (C=O) groups excluding carboxylic acids is 2. The Kier molecular flexibility index (Phi) is 5.98. The fraction of sp³-hybridized carbons (Fsp3) is 0.280. The third-order valence-corrected chi connectivity index (χ3v) is 8.23. The van der Waals surface area contributed by atoms with E-state index in [1.54, 1.807) is 28.0 Å². The maximum absolute atomic E-state index is 13.5. The molecule has 1 aromatic heterocycles. The second kappa shape index (κ2) is 9.10. The number of benzene rings is 2. The van der Waals surface area contributed by atoms with Gasteiger partial charge >= 0.3 is 0 Å². The van der Waals surface area contributed by atoms with Crippen molar-refractivity contribution in [1.29, 1.82) is 0 Å². The summed E-state index contributed by atoms with van der Waals surface area (Å²) in [5.41, 5.74) is 1.81. The summed E-state index contributed by atoms with van der Waals surface area (Å²) in [5, 5.41) is 0. The Bertz CT molecular complexity index is 1360. The number of anilines is 1. The van der Waals surface area contributed by atoms with Crippen LogP contribution in [-0.4, -0.2) is 69.9 Å².